The molecule has 6 rings (SSSR count). The largest absolute Gasteiger partial charge is 0.497 e. The molecule has 2 atom stereocenters. The van der Waals surface area contributed by atoms with Gasteiger partial charge in [0.1, 0.15) is 28.7 Å². The molecule has 3 heterocycles. The first-order chi connectivity index (χ1) is 24.8. The first-order valence-electron chi connectivity index (χ1n) is 16.4. The predicted octanol–water partition coefficient (Wildman–Crippen LogP) is 9.30. The van der Waals surface area contributed by atoms with Crippen LogP contribution in [0.2, 0.25) is 5.02 Å². The number of benzene rings is 3. The van der Waals surface area contributed by atoms with Crippen LogP contribution in [-0.2, 0) is 19.3 Å². The Morgan fingerprint density at radius 3 is 2.06 bits per heavy atom. The highest BCUT2D eigenvalue weighted by atomic mass is 35.5. The van der Waals surface area contributed by atoms with Crippen molar-refractivity contribution in [1.29, 1.82) is 5.26 Å². The lowest BCUT2D eigenvalue weighted by molar-refractivity contribution is -0.137. The number of aromatic nitrogens is 3. The number of anilines is 2. The smallest absolute Gasteiger partial charge is 0.418 e. The highest BCUT2D eigenvalue weighted by Gasteiger charge is 2.39. The van der Waals surface area contributed by atoms with Crippen LogP contribution in [0, 0.1) is 36.1 Å². The highest BCUT2D eigenvalue weighted by molar-refractivity contribution is 6.34. The van der Waals surface area contributed by atoms with Gasteiger partial charge in [-0.05, 0) is 79.8 Å². The maximum atomic E-state index is 16.8. The summed E-state index contributed by atoms with van der Waals surface area (Å²) in [5.74, 6) is -0.0721. The number of alkyl halides is 3. The van der Waals surface area contributed by atoms with Crippen molar-refractivity contribution in [3.63, 3.8) is 0 Å². The lowest BCUT2D eigenvalue weighted by atomic mass is 9.92. The van der Waals surface area contributed by atoms with Crippen LogP contribution in [0.15, 0.2) is 60.7 Å². The number of hydrogen-bond acceptors (Lipinski definition) is 8. The van der Waals surface area contributed by atoms with Crippen LogP contribution in [0.25, 0.3) is 22.2 Å². The van der Waals surface area contributed by atoms with Crippen molar-refractivity contribution in [1.82, 2.24) is 15.0 Å². The highest BCUT2D eigenvalue weighted by Crippen LogP contribution is 2.45. The average molecular weight is 737 g/mol. The molecular formula is C38H34ClF5N6O2. The molecule has 0 saturated carbocycles. The summed E-state index contributed by atoms with van der Waals surface area (Å²) in [5.41, 5.74) is -1.77. The van der Waals surface area contributed by atoms with Crippen LogP contribution >= 0.6 is 11.6 Å². The summed E-state index contributed by atoms with van der Waals surface area (Å²) in [6, 6.07) is 18.9. The third-order valence-corrected chi connectivity index (χ3v) is 9.58. The maximum absolute atomic E-state index is 16.8. The van der Waals surface area contributed by atoms with Gasteiger partial charge in [0.2, 0.25) is 0 Å². The summed E-state index contributed by atoms with van der Waals surface area (Å²) in [7, 11) is 3.08. The van der Waals surface area contributed by atoms with Crippen LogP contribution in [0.4, 0.5) is 33.6 Å². The van der Waals surface area contributed by atoms with Crippen molar-refractivity contribution >= 4 is 34.1 Å². The molecule has 1 saturated heterocycles. The number of pyridine rings is 1. The fourth-order valence-electron chi connectivity index (χ4n) is 6.67. The molecule has 2 aromatic heterocycles. The number of piperidine rings is 1. The van der Waals surface area contributed by atoms with E-state index in [-0.39, 0.29) is 52.7 Å². The summed E-state index contributed by atoms with van der Waals surface area (Å²) in [4.78, 5) is 15.6. The Bertz CT molecular complexity index is 2090. The van der Waals surface area contributed by atoms with E-state index < -0.39 is 40.4 Å². The molecule has 0 spiro atoms. The van der Waals surface area contributed by atoms with Crippen LogP contribution in [0.5, 0.6) is 11.5 Å². The summed E-state index contributed by atoms with van der Waals surface area (Å²) >= 11 is 6.70. The number of aryl methyl sites for hydroxylation is 1. The monoisotopic (exact) mass is 736 g/mol. The fraction of sp³-hybridized carbons (Fsp3) is 0.316. The zero-order valence-electron chi connectivity index (χ0n) is 28.7. The number of ether oxygens (including phenoxy) is 2. The first-order valence-corrected chi connectivity index (χ1v) is 16.8. The van der Waals surface area contributed by atoms with Crippen LogP contribution in [0.1, 0.15) is 42.0 Å². The van der Waals surface area contributed by atoms with Gasteiger partial charge in [0.15, 0.2) is 5.82 Å². The second kappa shape index (κ2) is 14.8. The van der Waals surface area contributed by atoms with E-state index in [4.69, 9.17) is 21.1 Å². The standard InChI is InChI=1S/C38H34ClF5N6O2/c1-21-15-30(49(19-23-5-9-26(51-3)10-6-23)20-24-7-11-27(52-4)12-8-24)46-35(32(21)38(42,43)44)31-29(39)17-28-34(33(31)40)47-37(41)48-36(28)50-14-13-25(18-45)16-22(50)2/h5-12,15,17,22,25H,13-14,16,19-20H2,1-4H3. The third kappa shape index (κ3) is 7.39. The summed E-state index contributed by atoms with van der Waals surface area (Å²) in [5, 5.41) is 9.06. The molecule has 52 heavy (non-hydrogen) atoms. The van der Waals surface area contributed by atoms with Crippen molar-refractivity contribution in [2.45, 2.75) is 52.0 Å². The van der Waals surface area contributed by atoms with E-state index in [1.54, 1.807) is 48.3 Å². The van der Waals surface area contributed by atoms with E-state index in [1.807, 2.05) is 31.2 Å². The zero-order valence-corrected chi connectivity index (χ0v) is 29.5. The molecule has 1 aliphatic heterocycles. The van der Waals surface area contributed by atoms with Gasteiger partial charge < -0.3 is 19.3 Å². The molecule has 270 valence electrons. The Balaban J connectivity index is 1.52. The fourth-order valence-corrected chi connectivity index (χ4v) is 6.95. The minimum atomic E-state index is -4.96. The number of methoxy groups -OCH3 is 2. The molecule has 0 N–H and O–H groups in total. The van der Waals surface area contributed by atoms with E-state index in [1.165, 1.54) is 19.1 Å². The van der Waals surface area contributed by atoms with Gasteiger partial charge in [-0.25, -0.2) is 9.37 Å². The van der Waals surface area contributed by atoms with Gasteiger partial charge in [0.25, 0.3) is 0 Å². The molecule has 5 aromatic rings. The molecule has 0 radical (unpaired) electrons. The number of fused-ring (bicyclic) bond motifs is 1. The van der Waals surface area contributed by atoms with Crippen LogP contribution < -0.4 is 19.3 Å². The van der Waals surface area contributed by atoms with Crippen molar-refractivity contribution in [2.24, 2.45) is 5.92 Å². The summed E-state index contributed by atoms with van der Waals surface area (Å²) in [6.07, 6.45) is -5.29. The van der Waals surface area contributed by atoms with Gasteiger partial charge >= 0.3 is 12.3 Å². The molecule has 0 bridgehead atoms. The van der Waals surface area contributed by atoms with E-state index in [0.717, 1.165) is 11.1 Å². The Labute approximate surface area is 302 Å². The Kier molecular flexibility index (Phi) is 10.4. The third-order valence-electron chi connectivity index (χ3n) is 9.28. The van der Waals surface area contributed by atoms with Gasteiger partial charge in [-0.3, -0.25) is 0 Å². The Morgan fingerprint density at radius 2 is 1.54 bits per heavy atom. The lowest BCUT2D eigenvalue weighted by Gasteiger charge is -2.37. The number of rotatable bonds is 9. The van der Waals surface area contributed by atoms with Gasteiger partial charge in [-0.2, -0.15) is 32.8 Å². The molecule has 8 nitrogen and oxygen atoms in total. The van der Waals surface area contributed by atoms with E-state index in [9.17, 15) is 18.4 Å². The van der Waals surface area contributed by atoms with E-state index >= 15 is 8.78 Å². The van der Waals surface area contributed by atoms with Crippen molar-refractivity contribution in [2.75, 3.05) is 30.6 Å². The molecule has 1 fully saturated rings. The summed E-state index contributed by atoms with van der Waals surface area (Å²) in [6.45, 7) is 3.85. The molecule has 1 aliphatic rings. The van der Waals surface area contributed by atoms with Crippen molar-refractivity contribution in [3.8, 4) is 28.8 Å². The Hall–Kier alpha value is -5.22. The average Bonchev–Trinajstić information content (AvgIpc) is 3.11. The number of nitriles is 1. The van der Waals surface area contributed by atoms with E-state index in [2.05, 4.69) is 21.0 Å². The van der Waals surface area contributed by atoms with Gasteiger partial charge in [0, 0.05) is 37.0 Å². The maximum Gasteiger partial charge on any atom is 0.418 e. The quantitative estimate of drug-likeness (QED) is 0.109. The molecule has 3 aromatic carbocycles. The van der Waals surface area contributed by atoms with Crippen molar-refractivity contribution < 1.29 is 31.4 Å². The zero-order chi connectivity index (χ0) is 37.3. The SMILES string of the molecule is COc1ccc(CN(Cc2ccc(OC)cc2)c2cc(C)c(C(F)(F)F)c(-c3c(Cl)cc4c(N5CCC(C#N)CC5C)nc(F)nc4c3F)n2)cc1. The first kappa shape index (κ1) is 36.6. The molecule has 2 unspecified atom stereocenters. The van der Waals surface area contributed by atoms with Crippen molar-refractivity contribution in [3.05, 3.63) is 99.8 Å². The Morgan fingerprint density at radius 1 is 0.942 bits per heavy atom. The predicted molar refractivity (Wildman–Crippen MR) is 188 cm³/mol. The molecule has 14 heteroatoms. The van der Waals surface area contributed by atoms with Gasteiger partial charge in [0.05, 0.1) is 42.1 Å². The summed E-state index contributed by atoms with van der Waals surface area (Å²) < 4.78 is 86.9. The minimum absolute atomic E-state index is 0.0250. The number of halogens is 6. The second-order valence-corrected chi connectivity index (χ2v) is 13.1. The second-order valence-electron chi connectivity index (χ2n) is 12.7. The number of hydrogen-bond donors (Lipinski definition) is 0. The molecule has 0 amide bonds. The number of nitrogens with zero attached hydrogens (tertiary/aromatic N) is 6. The lowest BCUT2D eigenvalue weighted by Crippen LogP contribution is -2.41. The van der Waals surface area contributed by atoms with Gasteiger partial charge in [-0.15, -0.1) is 0 Å². The molecular weight excluding hydrogens is 703 g/mol. The topological polar surface area (TPSA) is 87.4 Å². The molecule has 0 aliphatic carbocycles. The van der Waals surface area contributed by atoms with Crippen LogP contribution in [-0.4, -0.2) is 41.8 Å². The van der Waals surface area contributed by atoms with E-state index in [0.29, 0.717) is 30.9 Å². The van der Waals surface area contributed by atoms with Gasteiger partial charge in [-0.1, -0.05) is 35.9 Å². The normalized spacial score (nSPS) is 16.1. The minimum Gasteiger partial charge on any atom is -0.497 e. The van der Waals surface area contributed by atoms with Crippen LogP contribution in [0.3, 0.4) is 0 Å².